The third-order valence-electron chi connectivity index (χ3n) is 4.61. The highest BCUT2D eigenvalue weighted by atomic mass is 32.1. The van der Waals surface area contributed by atoms with E-state index in [9.17, 15) is 9.59 Å². The lowest BCUT2D eigenvalue weighted by Gasteiger charge is -2.31. The van der Waals surface area contributed by atoms with Crippen molar-refractivity contribution in [2.45, 2.75) is 45.4 Å². The first-order valence-corrected chi connectivity index (χ1v) is 9.90. The number of benzene rings is 1. The fraction of sp³-hybridized carbons (Fsp3) is 0.450. The topological polar surface area (TPSA) is 70.5 Å². The van der Waals surface area contributed by atoms with Gasteiger partial charge in [-0.2, -0.15) is 0 Å². The summed E-state index contributed by atoms with van der Waals surface area (Å²) in [6.45, 7) is 4.18. The number of carbonyl (C=O) groups excluding carboxylic acids is 1. The second-order valence-corrected chi connectivity index (χ2v) is 7.82. The van der Waals surface area contributed by atoms with Gasteiger partial charge < -0.3 is 10.0 Å². The summed E-state index contributed by atoms with van der Waals surface area (Å²) in [7, 11) is 0. The minimum Gasteiger partial charge on any atom is -0.481 e. The van der Waals surface area contributed by atoms with Gasteiger partial charge in [0.1, 0.15) is 10.8 Å². The molecule has 0 bridgehead atoms. The highest BCUT2D eigenvalue weighted by molar-refractivity contribution is 7.09. The summed E-state index contributed by atoms with van der Waals surface area (Å²) in [5.41, 5.74) is 3.99. The zero-order valence-corrected chi connectivity index (χ0v) is 15.8. The second-order valence-electron chi connectivity index (χ2n) is 6.88. The Balaban J connectivity index is 1.68. The number of hydrogen-bond donors (Lipinski definition) is 1. The molecule has 1 N–H and O–H groups in total. The molecule has 0 unspecified atom stereocenters. The van der Waals surface area contributed by atoms with Crippen LogP contribution in [0.25, 0.3) is 0 Å². The van der Waals surface area contributed by atoms with E-state index in [0.29, 0.717) is 17.1 Å². The van der Waals surface area contributed by atoms with Crippen LogP contribution < -0.4 is 4.90 Å². The summed E-state index contributed by atoms with van der Waals surface area (Å²) in [6.07, 6.45) is 4.23. The number of aliphatic carboxylic acids is 1. The van der Waals surface area contributed by atoms with Crippen LogP contribution >= 0.6 is 11.3 Å². The van der Waals surface area contributed by atoms with E-state index in [4.69, 9.17) is 5.11 Å². The number of carbonyl (C=O) groups is 2. The number of carboxylic acid groups (broad SMARTS) is 1. The molecule has 3 rings (SSSR count). The van der Waals surface area contributed by atoms with Crippen molar-refractivity contribution in [1.82, 2.24) is 4.98 Å². The first-order chi connectivity index (χ1) is 12.5. The number of aryl methyl sites for hydroxylation is 1. The van der Waals surface area contributed by atoms with E-state index in [1.807, 2.05) is 0 Å². The molecule has 0 radical (unpaired) electrons. The van der Waals surface area contributed by atoms with E-state index in [-0.39, 0.29) is 18.6 Å². The molecule has 138 valence electrons. The zero-order chi connectivity index (χ0) is 18.5. The number of piperidine rings is 1. The molecule has 0 atom stereocenters. The number of aromatic nitrogens is 1. The third kappa shape index (κ3) is 4.91. The van der Waals surface area contributed by atoms with Gasteiger partial charge in [0.2, 0.25) is 0 Å². The molecule has 0 spiro atoms. The van der Waals surface area contributed by atoms with Crippen molar-refractivity contribution >= 4 is 28.8 Å². The van der Waals surface area contributed by atoms with Gasteiger partial charge in [-0.15, -0.1) is 11.3 Å². The summed E-state index contributed by atoms with van der Waals surface area (Å²) < 4.78 is 0. The minimum atomic E-state index is -0.904. The maximum atomic E-state index is 12.6. The number of ketones is 1. The summed E-state index contributed by atoms with van der Waals surface area (Å²) in [5, 5.41) is 11.2. The van der Waals surface area contributed by atoms with Crippen molar-refractivity contribution in [3.63, 3.8) is 0 Å². The monoisotopic (exact) mass is 372 g/mol. The zero-order valence-electron chi connectivity index (χ0n) is 15.0. The Bertz CT molecular complexity index is 794. The largest absolute Gasteiger partial charge is 0.481 e. The summed E-state index contributed by atoms with van der Waals surface area (Å²) in [5.74, 6) is -0.789. The molecule has 1 aromatic heterocycles. The number of Topliss-reactive ketones (excluding diaryl/α,β-unsaturated/α-hetero) is 1. The van der Waals surface area contributed by atoms with Crippen LogP contribution in [-0.2, 0) is 28.9 Å². The number of carboxylic acids is 1. The Hall–Kier alpha value is -2.21. The van der Waals surface area contributed by atoms with Gasteiger partial charge in [-0.05, 0) is 43.4 Å². The van der Waals surface area contributed by atoms with E-state index < -0.39 is 5.97 Å². The predicted molar refractivity (Wildman–Crippen MR) is 103 cm³/mol. The van der Waals surface area contributed by atoms with Crippen LogP contribution in [0, 0.1) is 6.92 Å². The standard InChI is InChI=1S/C20H24N2O3S/c1-14-5-6-15(18(9-14)22-7-3-2-4-8-22)10-17(23)12-19-21-16(13-26-19)11-20(24)25/h5-6,9,13H,2-4,7-8,10-12H2,1H3,(H,24,25). The van der Waals surface area contributed by atoms with Crippen molar-refractivity contribution in [1.29, 1.82) is 0 Å². The van der Waals surface area contributed by atoms with Crippen LogP contribution in [0.5, 0.6) is 0 Å². The number of hydrogen-bond acceptors (Lipinski definition) is 5. The molecular formula is C20H24N2O3S. The highest BCUT2D eigenvalue weighted by Crippen LogP contribution is 2.26. The Morgan fingerprint density at radius 2 is 1.92 bits per heavy atom. The van der Waals surface area contributed by atoms with Crippen LogP contribution in [0.4, 0.5) is 5.69 Å². The third-order valence-corrected chi connectivity index (χ3v) is 5.50. The van der Waals surface area contributed by atoms with Crippen molar-refractivity contribution in [2.75, 3.05) is 18.0 Å². The van der Waals surface area contributed by atoms with Crippen LogP contribution in [0.2, 0.25) is 0 Å². The normalized spacial score (nSPS) is 14.4. The maximum Gasteiger partial charge on any atom is 0.309 e. The summed E-state index contributed by atoms with van der Waals surface area (Å²) in [4.78, 5) is 30.0. The maximum absolute atomic E-state index is 12.6. The van der Waals surface area contributed by atoms with Gasteiger partial charge in [0.05, 0.1) is 18.5 Å². The van der Waals surface area contributed by atoms with Crippen LogP contribution in [0.15, 0.2) is 23.6 Å². The molecular weight excluding hydrogens is 348 g/mol. The van der Waals surface area contributed by atoms with Gasteiger partial charge >= 0.3 is 5.97 Å². The first-order valence-electron chi connectivity index (χ1n) is 9.02. The number of nitrogens with zero attached hydrogens (tertiary/aromatic N) is 2. The molecule has 2 heterocycles. The molecule has 1 aromatic carbocycles. The molecule has 1 fully saturated rings. The smallest absolute Gasteiger partial charge is 0.309 e. The highest BCUT2D eigenvalue weighted by Gasteiger charge is 2.17. The molecule has 1 aliphatic rings. The molecule has 1 aliphatic heterocycles. The average Bonchev–Trinajstić information content (AvgIpc) is 3.03. The van der Waals surface area contributed by atoms with Crippen molar-refractivity contribution in [3.05, 3.63) is 45.4 Å². The van der Waals surface area contributed by atoms with E-state index in [1.54, 1.807) is 5.38 Å². The molecule has 0 aliphatic carbocycles. The van der Waals surface area contributed by atoms with Gasteiger partial charge in [-0.25, -0.2) is 4.98 Å². The molecule has 2 aromatic rings. The predicted octanol–water partition coefficient (Wildman–Crippen LogP) is 3.42. The van der Waals surface area contributed by atoms with E-state index >= 15 is 0 Å². The summed E-state index contributed by atoms with van der Waals surface area (Å²) in [6, 6.07) is 6.31. The lowest BCUT2D eigenvalue weighted by atomic mass is 10.0. The average molecular weight is 372 g/mol. The van der Waals surface area contributed by atoms with Gasteiger partial charge in [-0.1, -0.05) is 12.1 Å². The lowest BCUT2D eigenvalue weighted by Crippen LogP contribution is -2.30. The molecule has 6 heteroatoms. The second kappa shape index (κ2) is 8.45. The molecule has 1 saturated heterocycles. The Morgan fingerprint density at radius 3 is 2.65 bits per heavy atom. The fourth-order valence-electron chi connectivity index (χ4n) is 3.36. The molecule has 26 heavy (non-hydrogen) atoms. The first kappa shape index (κ1) is 18.6. The Labute approximate surface area is 157 Å². The fourth-order valence-corrected chi connectivity index (χ4v) is 4.18. The van der Waals surface area contributed by atoms with E-state index in [1.165, 1.54) is 41.9 Å². The van der Waals surface area contributed by atoms with Crippen molar-refractivity contribution < 1.29 is 14.7 Å². The van der Waals surface area contributed by atoms with Gasteiger partial charge in [0.25, 0.3) is 0 Å². The van der Waals surface area contributed by atoms with Crippen LogP contribution in [-0.4, -0.2) is 34.9 Å². The number of rotatable bonds is 7. The van der Waals surface area contributed by atoms with Crippen LogP contribution in [0.3, 0.4) is 0 Å². The minimum absolute atomic E-state index is 0.0955. The Morgan fingerprint density at radius 1 is 1.15 bits per heavy atom. The van der Waals surface area contributed by atoms with Crippen molar-refractivity contribution in [2.24, 2.45) is 0 Å². The van der Waals surface area contributed by atoms with Crippen molar-refractivity contribution in [3.8, 4) is 0 Å². The molecule has 0 amide bonds. The quantitative estimate of drug-likeness (QED) is 0.806. The SMILES string of the molecule is Cc1ccc(CC(=O)Cc2nc(CC(=O)O)cs2)c(N2CCCCC2)c1. The molecule has 0 saturated carbocycles. The molecule has 5 nitrogen and oxygen atoms in total. The van der Waals surface area contributed by atoms with Crippen LogP contribution in [0.1, 0.15) is 41.1 Å². The number of anilines is 1. The van der Waals surface area contributed by atoms with E-state index in [2.05, 4.69) is 35.0 Å². The lowest BCUT2D eigenvalue weighted by molar-refractivity contribution is -0.136. The van der Waals surface area contributed by atoms with Gasteiger partial charge in [-0.3, -0.25) is 9.59 Å². The van der Waals surface area contributed by atoms with E-state index in [0.717, 1.165) is 18.7 Å². The number of thiazole rings is 1. The summed E-state index contributed by atoms with van der Waals surface area (Å²) >= 11 is 1.36. The van der Waals surface area contributed by atoms with Gasteiger partial charge in [0.15, 0.2) is 0 Å². The Kier molecular flexibility index (Phi) is 6.04. The van der Waals surface area contributed by atoms with Gasteiger partial charge in [0, 0.05) is 30.6 Å².